The number of nitrogens with zero attached hydrogens (tertiary/aromatic N) is 1. The molecule has 34 heavy (non-hydrogen) atoms. The molecule has 0 N–H and O–H groups in total. The van der Waals surface area contributed by atoms with E-state index in [1.54, 1.807) is 0 Å². The van der Waals surface area contributed by atoms with Crippen molar-refractivity contribution < 1.29 is 9.47 Å². The standard InChI is InChI=1S/C31H47NO2/c1-3-5-7-9-11-13-15-26-17-19-28(20-18-26)30-22-21-29(23-32-30)31-33-24-27(25-34-31)16-14-12-10-8-6-4-2/h17-23,27,31H,3-16,24-25H2,1-2H3/t27-,31-. The van der Waals surface area contributed by atoms with Crippen molar-refractivity contribution in [2.24, 2.45) is 5.92 Å². The van der Waals surface area contributed by atoms with E-state index in [1.807, 2.05) is 6.20 Å². The van der Waals surface area contributed by atoms with E-state index in [9.17, 15) is 0 Å². The highest BCUT2D eigenvalue weighted by Gasteiger charge is 2.23. The Bertz CT molecular complexity index is 763. The molecule has 0 atom stereocenters. The predicted molar refractivity (Wildman–Crippen MR) is 143 cm³/mol. The summed E-state index contributed by atoms with van der Waals surface area (Å²) >= 11 is 0. The maximum absolute atomic E-state index is 6.04. The zero-order chi connectivity index (χ0) is 23.8. The fourth-order valence-corrected chi connectivity index (χ4v) is 4.78. The Morgan fingerprint density at radius 2 is 1.32 bits per heavy atom. The molecule has 0 radical (unpaired) electrons. The molecule has 188 valence electrons. The van der Waals surface area contributed by atoms with E-state index in [2.05, 4.69) is 50.2 Å². The van der Waals surface area contributed by atoms with E-state index in [1.165, 1.54) is 101 Å². The van der Waals surface area contributed by atoms with E-state index in [4.69, 9.17) is 14.5 Å². The maximum atomic E-state index is 6.04. The molecule has 0 amide bonds. The van der Waals surface area contributed by atoms with Gasteiger partial charge in [-0.2, -0.15) is 0 Å². The van der Waals surface area contributed by atoms with Crippen LogP contribution in [0.5, 0.6) is 0 Å². The Morgan fingerprint density at radius 1 is 0.706 bits per heavy atom. The summed E-state index contributed by atoms with van der Waals surface area (Å²) < 4.78 is 12.1. The van der Waals surface area contributed by atoms with Crippen molar-refractivity contribution in [3.8, 4) is 11.3 Å². The molecule has 1 aliphatic heterocycles. The second-order valence-electron chi connectivity index (χ2n) is 10.1. The number of hydrogen-bond donors (Lipinski definition) is 0. The summed E-state index contributed by atoms with van der Waals surface area (Å²) in [5.74, 6) is 0.532. The summed E-state index contributed by atoms with van der Waals surface area (Å²) in [4.78, 5) is 4.70. The van der Waals surface area contributed by atoms with Crippen molar-refractivity contribution in [3.05, 3.63) is 53.7 Å². The fraction of sp³-hybridized carbons (Fsp3) is 0.645. The third-order valence-electron chi connectivity index (χ3n) is 7.06. The van der Waals surface area contributed by atoms with Gasteiger partial charge in [0.05, 0.1) is 18.9 Å². The first kappa shape index (κ1) is 26.9. The minimum absolute atomic E-state index is 0.276. The molecule has 2 aromatic rings. The first-order valence-electron chi connectivity index (χ1n) is 14.1. The molecular weight excluding hydrogens is 418 g/mol. The van der Waals surface area contributed by atoms with Crippen LogP contribution in [0.1, 0.15) is 115 Å². The SMILES string of the molecule is CCCCCCCCc1ccc(-c2ccc([C@H]3OC[C@H](CCCCCCCC)CO3)cn2)cc1. The molecule has 0 bridgehead atoms. The summed E-state index contributed by atoms with van der Waals surface area (Å²) in [5, 5.41) is 0. The van der Waals surface area contributed by atoms with Crippen molar-refractivity contribution in [3.63, 3.8) is 0 Å². The molecule has 1 aromatic carbocycles. The van der Waals surface area contributed by atoms with E-state index in [0.29, 0.717) is 5.92 Å². The topological polar surface area (TPSA) is 31.4 Å². The van der Waals surface area contributed by atoms with Crippen LogP contribution >= 0.6 is 0 Å². The van der Waals surface area contributed by atoms with E-state index < -0.39 is 0 Å². The van der Waals surface area contributed by atoms with Crippen molar-refractivity contribution in [2.75, 3.05) is 13.2 Å². The second kappa shape index (κ2) is 16.1. The van der Waals surface area contributed by atoms with Crippen LogP contribution in [0.4, 0.5) is 0 Å². The molecule has 3 nitrogen and oxygen atoms in total. The third kappa shape index (κ3) is 9.50. The van der Waals surface area contributed by atoms with Crippen molar-refractivity contribution in [2.45, 2.75) is 110 Å². The zero-order valence-corrected chi connectivity index (χ0v) is 21.8. The van der Waals surface area contributed by atoms with Crippen LogP contribution in [0.3, 0.4) is 0 Å². The molecule has 1 fully saturated rings. The number of aromatic nitrogens is 1. The van der Waals surface area contributed by atoms with Gasteiger partial charge in [0.2, 0.25) is 0 Å². The largest absolute Gasteiger partial charge is 0.348 e. The normalized spacial score (nSPS) is 18.3. The zero-order valence-electron chi connectivity index (χ0n) is 21.8. The molecule has 0 spiro atoms. The average molecular weight is 466 g/mol. The van der Waals surface area contributed by atoms with E-state index in [-0.39, 0.29) is 6.29 Å². The maximum Gasteiger partial charge on any atom is 0.185 e. The Kier molecular flexibility index (Phi) is 12.7. The summed E-state index contributed by atoms with van der Waals surface area (Å²) in [5.41, 5.74) is 4.62. The van der Waals surface area contributed by atoms with Gasteiger partial charge in [0.1, 0.15) is 0 Å². The number of rotatable bonds is 16. The van der Waals surface area contributed by atoms with Gasteiger partial charge in [0, 0.05) is 23.2 Å². The lowest BCUT2D eigenvalue weighted by atomic mass is 10.0. The third-order valence-corrected chi connectivity index (χ3v) is 7.06. The first-order chi connectivity index (χ1) is 16.8. The molecule has 3 heteroatoms. The predicted octanol–water partition coefficient (Wildman–Crippen LogP) is 9.06. The Morgan fingerprint density at radius 3 is 1.94 bits per heavy atom. The molecule has 1 aromatic heterocycles. The van der Waals surface area contributed by atoms with Gasteiger partial charge in [-0.3, -0.25) is 4.98 Å². The van der Waals surface area contributed by atoms with Crippen molar-refractivity contribution in [1.82, 2.24) is 4.98 Å². The van der Waals surface area contributed by atoms with Gasteiger partial charge >= 0.3 is 0 Å². The number of benzene rings is 1. The molecule has 0 unspecified atom stereocenters. The molecule has 0 saturated carbocycles. The van der Waals surface area contributed by atoms with Gasteiger partial charge < -0.3 is 9.47 Å². The monoisotopic (exact) mass is 465 g/mol. The van der Waals surface area contributed by atoms with Crippen LogP contribution in [0.15, 0.2) is 42.6 Å². The van der Waals surface area contributed by atoms with Crippen LogP contribution in [0, 0.1) is 5.92 Å². The van der Waals surface area contributed by atoms with E-state index in [0.717, 1.165) is 24.5 Å². The number of pyridine rings is 1. The first-order valence-corrected chi connectivity index (χ1v) is 14.1. The second-order valence-corrected chi connectivity index (χ2v) is 10.1. The van der Waals surface area contributed by atoms with Gasteiger partial charge in [-0.15, -0.1) is 0 Å². The number of hydrogen-bond acceptors (Lipinski definition) is 3. The smallest absolute Gasteiger partial charge is 0.185 e. The number of ether oxygens (including phenoxy) is 2. The minimum atomic E-state index is -0.276. The quantitative estimate of drug-likeness (QED) is 0.232. The van der Waals surface area contributed by atoms with Crippen LogP contribution in [-0.2, 0) is 15.9 Å². The highest BCUT2D eigenvalue weighted by Crippen LogP contribution is 2.28. The van der Waals surface area contributed by atoms with Gasteiger partial charge in [-0.25, -0.2) is 0 Å². The lowest BCUT2D eigenvalue weighted by molar-refractivity contribution is -0.206. The highest BCUT2D eigenvalue weighted by atomic mass is 16.7. The van der Waals surface area contributed by atoms with Crippen LogP contribution in [-0.4, -0.2) is 18.2 Å². The molecule has 1 saturated heterocycles. The lowest BCUT2D eigenvalue weighted by Gasteiger charge is -2.29. The van der Waals surface area contributed by atoms with Crippen LogP contribution in [0.2, 0.25) is 0 Å². The van der Waals surface area contributed by atoms with Crippen molar-refractivity contribution in [1.29, 1.82) is 0 Å². The fourth-order valence-electron chi connectivity index (χ4n) is 4.78. The van der Waals surface area contributed by atoms with Gasteiger partial charge in [0.25, 0.3) is 0 Å². The Balaban J connectivity index is 1.37. The highest BCUT2D eigenvalue weighted by molar-refractivity contribution is 5.59. The lowest BCUT2D eigenvalue weighted by Crippen LogP contribution is -2.27. The summed E-state index contributed by atoms with van der Waals surface area (Å²) in [6, 6.07) is 13.1. The van der Waals surface area contributed by atoms with Crippen LogP contribution in [0.25, 0.3) is 11.3 Å². The Hall–Kier alpha value is -1.71. The summed E-state index contributed by atoms with van der Waals surface area (Å²) in [7, 11) is 0. The molecule has 0 aliphatic carbocycles. The minimum Gasteiger partial charge on any atom is -0.348 e. The molecule has 1 aliphatic rings. The molecule has 2 heterocycles. The average Bonchev–Trinajstić information content (AvgIpc) is 2.89. The summed E-state index contributed by atoms with van der Waals surface area (Å²) in [6.45, 7) is 6.13. The van der Waals surface area contributed by atoms with Crippen molar-refractivity contribution >= 4 is 0 Å². The van der Waals surface area contributed by atoms with Gasteiger partial charge in [-0.1, -0.05) is 115 Å². The number of unbranched alkanes of at least 4 members (excludes halogenated alkanes) is 10. The number of aryl methyl sites for hydroxylation is 1. The molecular formula is C31H47NO2. The van der Waals surface area contributed by atoms with E-state index >= 15 is 0 Å². The Labute approximate surface area is 208 Å². The van der Waals surface area contributed by atoms with Gasteiger partial charge in [-0.05, 0) is 30.9 Å². The van der Waals surface area contributed by atoms with Gasteiger partial charge in [0.15, 0.2) is 6.29 Å². The summed E-state index contributed by atoms with van der Waals surface area (Å²) in [6.07, 6.45) is 20.2. The molecule has 3 rings (SSSR count). The van der Waals surface area contributed by atoms with Crippen LogP contribution < -0.4 is 0 Å².